The Morgan fingerprint density at radius 2 is 2.18 bits per heavy atom. The Labute approximate surface area is 137 Å². The van der Waals surface area contributed by atoms with Crippen molar-refractivity contribution in [2.45, 2.75) is 17.7 Å². The Morgan fingerprint density at radius 3 is 2.82 bits per heavy atom. The third-order valence-electron chi connectivity index (χ3n) is 3.71. The second-order valence-electron chi connectivity index (χ2n) is 5.13. The number of ether oxygens (including phenoxy) is 1. The summed E-state index contributed by atoms with van der Waals surface area (Å²) >= 11 is 0. The number of halogens is 1. The van der Waals surface area contributed by atoms with Crippen molar-refractivity contribution in [3.63, 3.8) is 0 Å². The maximum atomic E-state index is 12.6. The van der Waals surface area contributed by atoms with E-state index in [0.717, 1.165) is 12.8 Å². The van der Waals surface area contributed by atoms with Gasteiger partial charge in [-0.05, 0) is 43.5 Å². The average molecular weight is 349 g/mol. The predicted molar refractivity (Wildman–Crippen MR) is 85.6 cm³/mol. The molecule has 6 nitrogen and oxygen atoms in total. The quantitative estimate of drug-likeness (QED) is 0.827. The smallest absolute Gasteiger partial charge is 0.337 e. The molecule has 1 aromatic carbocycles. The van der Waals surface area contributed by atoms with Crippen LogP contribution >= 0.6 is 12.4 Å². The van der Waals surface area contributed by atoms with Gasteiger partial charge in [0.25, 0.3) is 0 Å². The highest BCUT2D eigenvalue weighted by Crippen LogP contribution is 2.23. The van der Waals surface area contributed by atoms with Crippen molar-refractivity contribution in [2.24, 2.45) is 11.7 Å². The van der Waals surface area contributed by atoms with Gasteiger partial charge in [-0.25, -0.2) is 13.2 Å². The highest BCUT2D eigenvalue weighted by atomic mass is 35.5. The summed E-state index contributed by atoms with van der Waals surface area (Å²) in [5.74, 6) is -0.358. The first kappa shape index (κ1) is 18.9. The number of nitrogens with two attached hydrogens (primary N) is 1. The number of nitrogens with zero attached hydrogens (tertiary/aromatic N) is 1. The minimum absolute atomic E-state index is 0. The fraction of sp³-hybridized carbons (Fsp3) is 0.500. The van der Waals surface area contributed by atoms with Gasteiger partial charge in [0.15, 0.2) is 0 Å². The largest absolute Gasteiger partial charge is 0.465 e. The normalized spacial score (nSPS) is 19.3. The lowest BCUT2D eigenvalue weighted by Crippen LogP contribution is -2.42. The molecule has 0 spiro atoms. The van der Waals surface area contributed by atoms with E-state index >= 15 is 0 Å². The molecular formula is C14H21ClN2O4S. The predicted octanol–water partition coefficient (Wildman–Crippen LogP) is 1.25. The Morgan fingerprint density at radius 1 is 1.45 bits per heavy atom. The lowest BCUT2D eigenvalue weighted by Gasteiger charge is -2.31. The van der Waals surface area contributed by atoms with Crippen molar-refractivity contribution in [1.82, 2.24) is 4.31 Å². The lowest BCUT2D eigenvalue weighted by molar-refractivity contribution is 0.0600. The summed E-state index contributed by atoms with van der Waals surface area (Å²) in [6.45, 7) is 1.40. The van der Waals surface area contributed by atoms with Crippen LogP contribution in [0.1, 0.15) is 23.2 Å². The van der Waals surface area contributed by atoms with E-state index in [1.54, 1.807) is 6.07 Å². The van der Waals surface area contributed by atoms with Gasteiger partial charge >= 0.3 is 5.97 Å². The molecule has 0 aliphatic carbocycles. The van der Waals surface area contributed by atoms with Crippen LogP contribution in [0, 0.1) is 5.92 Å². The summed E-state index contributed by atoms with van der Waals surface area (Å²) in [6, 6.07) is 5.92. The molecule has 0 radical (unpaired) electrons. The van der Waals surface area contributed by atoms with Crippen molar-refractivity contribution in [2.75, 3.05) is 26.7 Å². The molecule has 1 saturated heterocycles. The van der Waals surface area contributed by atoms with Crippen LogP contribution in [0.15, 0.2) is 29.2 Å². The third kappa shape index (κ3) is 3.98. The average Bonchev–Trinajstić information content (AvgIpc) is 2.54. The van der Waals surface area contributed by atoms with Crippen molar-refractivity contribution in [3.8, 4) is 0 Å². The summed E-state index contributed by atoms with van der Waals surface area (Å²) < 4.78 is 31.4. The number of methoxy groups -OCH3 is 1. The maximum absolute atomic E-state index is 12.6. The molecule has 0 aromatic heterocycles. The van der Waals surface area contributed by atoms with E-state index in [1.807, 2.05) is 0 Å². The molecule has 124 valence electrons. The number of sulfonamides is 1. The van der Waals surface area contributed by atoms with Crippen LogP contribution in [0.2, 0.25) is 0 Å². The molecule has 1 fully saturated rings. The number of benzene rings is 1. The minimum Gasteiger partial charge on any atom is -0.465 e. The zero-order chi connectivity index (χ0) is 15.5. The van der Waals surface area contributed by atoms with Gasteiger partial charge in [0, 0.05) is 13.1 Å². The van der Waals surface area contributed by atoms with Crippen LogP contribution < -0.4 is 5.73 Å². The topological polar surface area (TPSA) is 89.7 Å². The summed E-state index contributed by atoms with van der Waals surface area (Å²) in [7, 11) is -2.34. The van der Waals surface area contributed by atoms with Gasteiger partial charge < -0.3 is 10.5 Å². The molecule has 1 aromatic rings. The molecule has 1 aliphatic rings. The molecule has 1 atom stereocenters. The molecule has 1 aliphatic heterocycles. The van der Waals surface area contributed by atoms with Crippen molar-refractivity contribution >= 4 is 28.4 Å². The van der Waals surface area contributed by atoms with Gasteiger partial charge in [-0.1, -0.05) is 6.07 Å². The maximum Gasteiger partial charge on any atom is 0.337 e. The Bertz CT molecular complexity index is 621. The summed E-state index contributed by atoms with van der Waals surface area (Å²) in [4.78, 5) is 11.6. The van der Waals surface area contributed by atoms with Crippen LogP contribution in [-0.4, -0.2) is 45.4 Å². The fourth-order valence-corrected chi connectivity index (χ4v) is 4.09. The zero-order valence-corrected chi connectivity index (χ0v) is 14.0. The van der Waals surface area contributed by atoms with E-state index in [1.165, 1.54) is 29.6 Å². The molecule has 2 N–H and O–H groups in total. The first-order valence-corrected chi connectivity index (χ1v) is 8.31. The number of rotatable bonds is 4. The Kier molecular flexibility index (Phi) is 6.80. The van der Waals surface area contributed by atoms with E-state index in [9.17, 15) is 13.2 Å². The molecule has 8 heteroatoms. The van der Waals surface area contributed by atoms with Gasteiger partial charge in [0.1, 0.15) is 0 Å². The van der Waals surface area contributed by atoms with E-state index in [0.29, 0.717) is 19.6 Å². The number of esters is 1. The number of piperidine rings is 1. The van der Waals surface area contributed by atoms with E-state index in [-0.39, 0.29) is 28.8 Å². The molecule has 1 unspecified atom stereocenters. The SMILES string of the molecule is COC(=O)c1cccc(S(=O)(=O)N2CCCC(CN)C2)c1.Cl. The second-order valence-corrected chi connectivity index (χ2v) is 7.06. The van der Waals surface area contributed by atoms with Gasteiger partial charge in [0.2, 0.25) is 10.0 Å². The first-order chi connectivity index (χ1) is 9.98. The van der Waals surface area contributed by atoms with Crippen LogP contribution in [-0.2, 0) is 14.8 Å². The third-order valence-corrected chi connectivity index (χ3v) is 5.57. The summed E-state index contributed by atoms with van der Waals surface area (Å²) in [5.41, 5.74) is 5.87. The van der Waals surface area contributed by atoms with Crippen LogP contribution in [0.5, 0.6) is 0 Å². The van der Waals surface area contributed by atoms with Gasteiger partial charge in [-0.3, -0.25) is 0 Å². The van der Waals surface area contributed by atoms with Crippen molar-refractivity contribution < 1.29 is 17.9 Å². The number of carbonyl (C=O) groups is 1. The zero-order valence-electron chi connectivity index (χ0n) is 12.4. The van der Waals surface area contributed by atoms with Crippen LogP contribution in [0.3, 0.4) is 0 Å². The summed E-state index contributed by atoms with van der Waals surface area (Å²) in [5, 5.41) is 0. The monoisotopic (exact) mass is 348 g/mol. The first-order valence-electron chi connectivity index (χ1n) is 6.87. The lowest BCUT2D eigenvalue weighted by atomic mass is 10.0. The summed E-state index contributed by atoms with van der Waals surface area (Å²) in [6.07, 6.45) is 1.75. The van der Waals surface area contributed by atoms with Gasteiger partial charge in [-0.2, -0.15) is 4.31 Å². The highest BCUT2D eigenvalue weighted by molar-refractivity contribution is 7.89. The van der Waals surface area contributed by atoms with E-state index in [4.69, 9.17) is 5.73 Å². The number of hydrogen-bond donors (Lipinski definition) is 1. The minimum atomic E-state index is -3.60. The molecule has 0 saturated carbocycles. The number of hydrogen-bond acceptors (Lipinski definition) is 5. The molecular weight excluding hydrogens is 328 g/mol. The van der Waals surface area contributed by atoms with E-state index < -0.39 is 16.0 Å². The molecule has 2 rings (SSSR count). The highest BCUT2D eigenvalue weighted by Gasteiger charge is 2.30. The standard InChI is InChI=1S/C14H20N2O4S.ClH/c1-20-14(17)12-5-2-6-13(8-12)21(18,19)16-7-3-4-11(9-15)10-16;/h2,5-6,8,11H,3-4,7,9-10,15H2,1H3;1H. The molecule has 0 bridgehead atoms. The number of carbonyl (C=O) groups excluding carboxylic acids is 1. The van der Waals surface area contributed by atoms with Gasteiger partial charge in [0.05, 0.1) is 17.6 Å². The van der Waals surface area contributed by atoms with Crippen molar-refractivity contribution in [1.29, 1.82) is 0 Å². The molecule has 22 heavy (non-hydrogen) atoms. The van der Waals surface area contributed by atoms with E-state index in [2.05, 4.69) is 4.74 Å². The second kappa shape index (κ2) is 7.92. The van der Waals surface area contributed by atoms with Crippen LogP contribution in [0.4, 0.5) is 0 Å². The van der Waals surface area contributed by atoms with Gasteiger partial charge in [-0.15, -0.1) is 12.4 Å². The van der Waals surface area contributed by atoms with Crippen molar-refractivity contribution in [3.05, 3.63) is 29.8 Å². The Hall–Kier alpha value is -1.15. The molecule has 1 heterocycles. The van der Waals surface area contributed by atoms with Crippen LogP contribution in [0.25, 0.3) is 0 Å². The Balaban J connectivity index is 0.00000242. The molecule has 0 amide bonds. The fourth-order valence-electron chi connectivity index (χ4n) is 2.49.